The zero-order chi connectivity index (χ0) is 7.40. The largest absolute Gasteiger partial charge is 0.353 e. The molecule has 10 heavy (non-hydrogen) atoms. The van der Waals surface area contributed by atoms with Crippen LogP contribution in [0.5, 0.6) is 0 Å². The lowest BCUT2D eigenvalue weighted by atomic mass is 10.2. The van der Waals surface area contributed by atoms with E-state index in [0.717, 1.165) is 13.1 Å². The molecule has 1 aliphatic rings. The highest BCUT2D eigenvalue weighted by Crippen LogP contribution is 1.98. The van der Waals surface area contributed by atoms with Crippen LogP contribution in [-0.4, -0.2) is 50.9 Å². The van der Waals surface area contributed by atoms with Gasteiger partial charge in [0.15, 0.2) is 7.98 Å². The zero-order valence-electron chi connectivity index (χ0n) is 6.71. The maximum absolute atomic E-state index is 5.66. The van der Waals surface area contributed by atoms with Crippen LogP contribution in [0.3, 0.4) is 0 Å². The van der Waals surface area contributed by atoms with Crippen molar-refractivity contribution in [2.45, 2.75) is 12.8 Å². The Hall–Kier alpha value is -0.0151. The molecule has 0 aromatic rings. The Bertz CT molecular complexity index is 77.6. The summed E-state index contributed by atoms with van der Waals surface area (Å²) in [6.07, 6.45) is 2.40. The highest BCUT2D eigenvalue weighted by molar-refractivity contribution is 6.04. The van der Waals surface area contributed by atoms with Gasteiger partial charge in [-0.05, 0) is 46.1 Å². The Labute approximate surface area is 64.6 Å². The van der Waals surface area contributed by atoms with Crippen LogP contribution in [0.4, 0.5) is 0 Å². The van der Waals surface area contributed by atoms with E-state index in [1.807, 2.05) is 4.81 Å². The Morgan fingerprint density at radius 1 is 1.00 bits per heavy atom. The number of hydrogen-bond donors (Lipinski definition) is 0. The smallest absolute Gasteiger partial charge is 0.182 e. The standard InChI is InChI=1S/C7H15BN2/c1-9-4-2-6-10(8)7-3-5-9/h2-7H2,1H3. The first-order valence-corrected chi connectivity index (χ1v) is 3.97. The minimum Gasteiger partial charge on any atom is -0.353 e. The second kappa shape index (κ2) is 3.99. The van der Waals surface area contributed by atoms with Gasteiger partial charge in [0.2, 0.25) is 0 Å². The van der Waals surface area contributed by atoms with Crippen molar-refractivity contribution in [2.75, 3.05) is 33.2 Å². The van der Waals surface area contributed by atoms with E-state index in [4.69, 9.17) is 7.98 Å². The zero-order valence-corrected chi connectivity index (χ0v) is 6.71. The third kappa shape index (κ3) is 2.71. The van der Waals surface area contributed by atoms with Crippen LogP contribution in [-0.2, 0) is 0 Å². The minimum absolute atomic E-state index is 1.05. The molecular weight excluding hydrogens is 123 g/mol. The fourth-order valence-corrected chi connectivity index (χ4v) is 1.31. The second-order valence-corrected chi connectivity index (χ2v) is 3.05. The van der Waals surface area contributed by atoms with E-state index in [1.54, 1.807) is 0 Å². The fourth-order valence-electron chi connectivity index (χ4n) is 1.31. The van der Waals surface area contributed by atoms with Crippen molar-refractivity contribution in [3.8, 4) is 0 Å². The van der Waals surface area contributed by atoms with Crippen molar-refractivity contribution in [3.05, 3.63) is 0 Å². The van der Waals surface area contributed by atoms with Crippen molar-refractivity contribution in [1.29, 1.82) is 0 Å². The molecule has 1 aliphatic heterocycles. The molecule has 0 aliphatic carbocycles. The monoisotopic (exact) mass is 138 g/mol. The van der Waals surface area contributed by atoms with E-state index < -0.39 is 0 Å². The average Bonchev–Trinajstić information content (AvgIpc) is 1.84. The highest BCUT2D eigenvalue weighted by atomic mass is 15.1. The Morgan fingerprint density at radius 2 is 1.50 bits per heavy atom. The molecule has 0 unspecified atom stereocenters. The van der Waals surface area contributed by atoms with E-state index in [2.05, 4.69) is 11.9 Å². The fraction of sp³-hybridized carbons (Fsp3) is 1.00. The van der Waals surface area contributed by atoms with Crippen molar-refractivity contribution in [3.63, 3.8) is 0 Å². The van der Waals surface area contributed by atoms with E-state index in [0.29, 0.717) is 0 Å². The van der Waals surface area contributed by atoms with Crippen molar-refractivity contribution in [2.24, 2.45) is 0 Å². The summed E-state index contributed by atoms with van der Waals surface area (Å²) in [7, 11) is 7.84. The summed E-state index contributed by atoms with van der Waals surface area (Å²) in [4.78, 5) is 4.29. The molecule has 0 bridgehead atoms. The Kier molecular flexibility index (Phi) is 3.22. The lowest BCUT2D eigenvalue weighted by Crippen LogP contribution is -2.33. The summed E-state index contributed by atoms with van der Waals surface area (Å²) >= 11 is 0. The van der Waals surface area contributed by atoms with Gasteiger partial charge in [0.25, 0.3) is 0 Å². The second-order valence-electron chi connectivity index (χ2n) is 3.05. The van der Waals surface area contributed by atoms with Gasteiger partial charge in [-0.1, -0.05) is 0 Å². The van der Waals surface area contributed by atoms with E-state index >= 15 is 0 Å². The first kappa shape index (κ1) is 8.09. The van der Waals surface area contributed by atoms with Crippen LogP contribution in [0.15, 0.2) is 0 Å². The van der Waals surface area contributed by atoms with E-state index in [9.17, 15) is 0 Å². The van der Waals surface area contributed by atoms with Crippen molar-refractivity contribution in [1.82, 2.24) is 9.71 Å². The molecule has 0 atom stereocenters. The summed E-state index contributed by atoms with van der Waals surface area (Å²) < 4.78 is 0. The molecule has 0 aromatic carbocycles. The molecule has 1 saturated heterocycles. The molecule has 1 fully saturated rings. The van der Waals surface area contributed by atoms with Gasteiger partial charge < -0.3 is 9.71 Å². The number of rotatable bonds is 0. The topological polar surface area (TPSA) is 6.48 Å². The maximum Gasteiger partial charge on any atom is 0.182 e. The van der Waals surface area contributed by atoms with Gasteiger partial charge in [-0.15, -0.1) is 0 Å². The summed E-state index contributed by atoms with van der Waals surface area (Å²) in [6.45, 7) is 4.47. The molecule has 1 rings (SSSR count). The summed E-state index contributed by atoms with van der Waals surface area (Å²) in [5.41, 5.74) is 0. The third-order valence-corrected chi connectivity index (χ3v) is 1.97. The average molecular weight is 138 g/mol. The summed E-state index contributed by atoms with van der Waals surface area (Å²) in [5.74, 6) is 0. The molecule has 0 aromatic heterocycles. The summed E-state index contributed by atoms with van der Waals surface area (Å²) in [5, 5.41) is 0. The highest BCUT2D eigenvalue weighted by Gasteiger charge is 2.05. The van der Waals surface area contributed by atoms with Crippen LogP contribution in [0.25, 0.3) is 0 Å². The predicted octanol–water partition coefficient (Wildman–Crippen LogP) is 0.0975. The molecule has 3 heteroatoms. The molecule has 0 amide bonds. The third-order valence-electron chi connectivity index (χ3n) is 1.97. The lowest BCUT2D eigenvalue weighted by molar-refractivity contribution is 0.267. The van der Waals surface area contributed by atoms with Crippen LogP contribution >= 0.6 is 0 Å². The minimum atomic E-state index is 1.05. The van der Waals surface area contributed by atoms with Crippen LogP contribution in [0, 0.1) is 0 Å². The Balaban J connectivity index is 2.21. The van der Waals surface area contributed by atoms with Gasteiger partial charge >= 0.3 is 0 Å². The van der Waals surface area contributed by atoms with Gasteiger partial charge in [-0.2, -0.15) is 0 Å². The van der Waals surface area contributed by atoms with Gasteiger partial charge in [-0.25, -0.2) is 0 Å². The molecule has 56 valence electrons. The van der Waals surface area contributed by atoms with Crippen LogP contribution < -0.4 is 0 Å². The molecular formula is C7H15BN2. The normalized spacial score (nSPS) is 25.7. The van der Waals surface area contributed by atoms with E-state index in [-0.39, 0.29) is 0 Å². The molecule has 2 radical (unpaired) electrons. The predicted molar refractivity (Wildman–Crippen MR) is 44.1 cm³/mol. The van der Waals surface area contributed by atoms with E-state index in [1.165, 1.54) is 25.9 Å². The molecule has 0 spiro atoms. The van der Waals surface area contributed by atoms with Crippen molar-refractivity contribution < 1.29 is 0 Å². The first-order chi connectivity index (χ1) is 4.79. The van der Waals surface area contributed by atoms with Crippen LogP contribution in [0.1, 0.15) is 12.8 Å². The van der Waals surface area contributed by atoms with Gasteiger partial charge in [0, 0.05) is 0 Å². The Morgan fingerprint density at radius 3 is 2.00 bits per heavy atom. The van der Waals surface area contributed by atoms with Gasteiger partial charge in [-0.3, -0.25) is 0 Å². The van der Waals surface area contributed by atoms with Crippen molar-refractivity contribution >= 4 is 7.98 Å². The SMILES string of the molecule is [B]N1CCCN(C)CCC1. The van der Waals surface area contributed by atoms with Gasteiger partial charge in [0.05, 0.1) is 0 Å². The number of nitrogens with zero attached hydrogens (tertiary/aromatic N) is 2. The maximum atomic E-state index is 5.66. The summed E-state index contributed by atoms with van der Waals surface area (Å²) in [6, 6.07) is 0. The van der Waals surface area contributed by atoms with Gasteiger partial charge in [0.1, 0.15) is 0 Å². The quantitative estimate of drug-likeness (QED) is 0.438. The molecule has 1 heterocycles. The van der Waals surface area contributed by atoms with Crippen LogP contribution in [0.2, 0.25) is 0 Å². The molecule has 0 N–H and O–H groups in total. The first-order valence-electron chi connectivity index (χ1n) is 3.97. The molecule has 2 nitrogen and oxygen atoms in total. The lowest BCUT2D eigenvalue weighted by Gasteiger charge is -2.25. The molecule has 0 saturated carbocycles. The number of hydrogen-bond acceptors (Lipinski definition) is 2.